The van der Waals surface area contributed by atoms with Gasteiger partial charge in [-0.1, -0.05) is 30.3 Å². The number of benzene rings is 2. The normalized spacial score (nSPS) is 11.1. The van der Waals surface area contributed by atoms with Gasteiger partial charge >= 0.3 is 6.61 Å². The Hall–Kier alpha value is -2.08. The van der Waals surface area contributed by atoms with Crippen molar-refractivity contribution in [3.8, 4) is 5.75 Å². The molecule has 3 rings (SSSR count). The minimum Gasteiger partial charge on any atom is -0.434 e. The highest BCUT2D eigenvalue weighted by atomic mass is 79.9. The molecule has 0 aliphatic heterocycles. The zero-order chi connectivity index (χ0) is 15.5. The quantitative estimate of drug-likeness (QED) is 0.679. The second kappa shape index (κ2) is 6.36. The largest absolute Gasteiger partial charge is 0.434 e. The van der Waals surface area contributed by atoms with Crippen LogP contribution in [-0.4, -0.2) is 16.8 Å². The molecule has 1 heterocycles. The average Bonchev–Trinajstić information content (AvgIpc) is 2.50. The van der Waals surface area contributed by atoms with Crippen molar-refractivity contribution in [2.45, 2.75) is 13.0 Å². The van der Waals surface area contributed by atoms with E-state index in [2.05, 4.69) is 30.9 Å². The Morgan fingerprint density at radius 1 is 1.14 bits per heavy atom. The van der Waals surface area contributed by atoms with E-state index in [4.69, 9.17) is 0 Å². The van der Waals surface area contributed by atoms with Gasteiger partial charge in [-0.2, -0.15) is 19.0 Å². The van der Waals surface area contributed by atoms with Crippen LogP contribution in [0.5, 0.6) is 5.75 Å². The minimum absolute atomic E-state index is 0.114. The van der Waals surface area contributed by atoms with Gasteiger partial charge in [0, 0.05) is 17.2 Å². The first-order valence-electron chi connectivity index (χ1n) is 6.56. The van der Waals surface area contributed by atoms with Gasteiger partial charge in [-0.3, -0.25) is 0 Å². The van der Waals surface area contributed by atoms with Crippen molar-refractivity contribution in [3.05, 3.63) is 64.4 Å². The predicted octanol–water partition coefficient (Wildman–Crippen LogP) is 4.58. The minimum atomic E-state index is -2.84. The maximum absolute atomic E-state index is 12.3. The number of fused-ring (bicyclic) bond motifs is 1. The van der Waals surface area contributed by atoms with Crippen LogP contribution in [0.2, 0.25) is 0 Å². The number of halogens is 3. The molecule has 0 unspecified atom stereocenters. The van der Waals surface area contributed by atoms with Gasteiger partial charge in [0.1, 0.15) is 5.75 Å². The lowest BCUT2D eigenvalue weighted by atomic mass is 10.0. The second-order valence-electron chi connectivity index (χ2n) is 4.70. The van der Waals surface area contributed by atoms with Gasteiger partial charge in [0.05, 0.1) is 16.4 Å². The summed E-state index contributed by atoms with van der Waals surface area (Å²) in [7, 11) is 0. The first kappa shape index (κ1) is 14.8. The molecule has 0 bridgehead atoms. The van der Waals surface area contributed by atoms with Gasteiger partial charge in [-0.15, -0.1) is 0 Å². The van der Waals surface area contributed by atoms with Gasteiger partial charge in [-0.25, -0.2) is 0 Å². The van der Waals surface area contributed by atoms with Crippen LogP contribution in [0.3, 0.4) is 0 Å². The average molecular weight is 365 g/mol. The van der Waals surface area contributed by atoms with Gasteiger partial charge in [0.15, 0.2) is 0 Å². The summed E-state index contributed by atoms with van der Waals surface area (Å²) < 4.78 is 29.4. The molecule has 22 heavy (non-hydrogen) atoms. The van der Waals surface area contributed by atoms with E-state index >= 15 is 0 Å². The van der Waals surface area contributed by atoms with Crippen LogP contribution in [0.1, 0.15) is 11.3 Å². The van der Waals surface area contributed by atoms with Crippen LogP contribution >= 0.6 is 15.9 Å². The van der Waals surface area contributed by atoms with E-state index in [-0.39, 0.29) is 5.75 Å². The monoisotopic (exact) mass is 364 g/mol. The van der Waals surface area contributed by atoms with E-state index in [1.165, 1.54) is 6.07 Å². The molecule has 0 atom stereocenters. The number of aromatic nitrogens is 2. The molecule has 0 radical (unpaired) electrons. The first-order chi connectivity index (χ1) is 10.6. The van der Waals surface area contributed by atoms with Gasteiger partial charge in [-0.05, 0) is 33.6 Å². The fourth-order valence-electron chi connectivity index (χ4n) is 2.26. The van der Waals surface area contributed by atoms with E-state index in [9.17, 15) is 8.78 Å². The van der Waals surface area contributed by atoms with Gasteiger partial charge in [0.25, 0.3) is 0 Å². The summed E-state index contributed by atoms with van der Waals surface area (Å²) in [6.45, 7) is -2.84. The highest BCUT2D eigenvalue weighted by molar-refractivity contribution is 9.10. The van der Waals surface area contributed by atoms with Crippen molar-refractivity contribution in [1.29, 1.82) is 0 Å². The highest BCUT2D eigenvalue weighted by Gasteiger charge is 2.10. The van der Waals surface area contributed by atoms with Crippen molar-refractivity contribution >= 4 is 26.7 Å². The summed E-state index contributed by atoms with van der Waals surface area (Å²) in [6, 6.07) is 12.9. The molecule has 2 aromatic carbocycles. The summed E-state index contributed by atoms with van der Waals surface area (Å²) >= 11 is 3.24. The molecule has 3 aromatic rings. The maximum Gasteiger partial charge on any atom is 0.387 e. The van der Waals surface area contributed by atoms with Crippen molar-refractivity contribution < 1.29 is 13.5 Å². The third kappa shape index (κ3) is 3.22. The highest BCUT2D eigenvalue weighted by Crippen LogP contribution is 2.28. The lowest BCUT2D eigenvalue weighted by Crippen LogP contribution is -2.03. The summed E-state index contributed by atoms with van der Waals surface area (Å²) in [5.74, 6) is 0.114. The number of hydrogen-bond donors (Lipinski definition) is 0. The molecule has 6 heteroatoms. The van der Waals surface area contributed by atoms with Crippen molar-refractivity contribution in [3.63, 3.8) is 0 Å². The van der Waals surface area contributed by atoms with E-state index in [1.54, 1.807) is 18.3 Å². The molecule has 0 fully saturated rings. The van der Waals surface area contributed by atoms with E-state index < -0.39 is 6.61 Å². The van der Waals surface area contributed by atoms with Crippen LogP contribution in [-0.2, 0) is 6.42 Å². The zero-order valence-electron chi connectivity index (χ0n) is 11.3. The molecule has 0 aliphatic rings. The standard InChI is InChI=1S/C16H11BrF2N2O/c17-13-7-10(5-6-15(13)22-16(18)19)8-14-12-4-2-1-3-11(12)9-20-21-14/h1-7,9,16H,8H2. The molecule has 0 saturated heterocycles. The molecule has 1 aromatic heterocycles. The fraction of sp³-hybridized carbons (Fsp3) is 0.125. The lowest BCUT2D eigenvalue weighted by Gasteiger charge is -2.09. The van der Waals surface area contributed by atoms with Crippen LogP contribution in [0.25, 0.3) is 10.8 Å². The Kier molecular flexibility index (Phi) is 4.29. The number of rotatable bonds is 4. The first-order valence-corrected chi connectivity index (χ1v) is 7.35. The Labute approximate surface area is 134 Å². The molecule has 0 saturated carbocycles. The van der Waals surface area contributed by atoms with Gasteiger partial charge < -0.3 is 4.74 Å². The molecular weight excluding hydrogens is 354 g/mol. The zero-order valence-corrected chi connectivity index (χ0v) is 12.9. The predicted molar refractivity (Wildman–Crippen MR) is 83.1 cm³/mol. The van der Waals surface area contributed by atoms with E-state index in [1.807, 2.05) is 24.3 Å². The van der Waals surface area contributed by atoms with Crippen LogP contribution in [0, 0.1) is 0 Å². The fourth-order valence-corrected chi connectivity index (χ4v) is 2.78. The Bertz CT molecular complexity index is 806. The topological polar surface area (TPSA) is 35.0 Å². The maximum atomic E-state index is 12.3. The SMILES string of the molecule is FC(F)Oc1ccc(Cc2nncc3ccccc23)cc1Br. The Morgan fingerprint density at radius 2 is 1.95 bits per heavy atom. The van der Waals surface area contributed by atoms with Gasteiger partial charge in [0.2, 0.25) is 0 Å². The van der Waals surface area contributed by atoms with Crippen LogP contribution in [0.15, 0.2) is 53.1 Å². The molecular formula is C16H11BrF2N2O. The summed E-state index contributed by atoms with van der Waals surface area (Å²) in [6.07, 6.45) is 2.27. The Balaban J connectivity index is 1.91. The number of nitrogens with zero attached hydrogens (tertiary/aromatic N) is 2. The lowest BCUT2D eigenvalue weighted by molar-refractivity contribution is -0.0503. The summed E-state index contributed by atoms with van der Waals surface area (Å²) in [5.41, 5.74) is 1.77. The molecule has 0 N–H and O–H groups in total. The van der Waals surface area contributed by atoms with Crippen molar-refractivity contribution in [2.24, 2.45) is 0 Å². The number of alkyl halides is 2. The third-order valence-corrected chi connectivity index (χ3v) is 3.85. The number of ether oxygens (including phenoxy) is 1. The van der Waals surface area contributed by atoms with Crippen molar-refractivity contribution in [1.82, 2.24) is 10.2 Å². The van der Waals surface area contributed by atoms with E-state index in [0.29, 0.717) is 10.9 Å². The molecule has 0 spiro atoms. The number of hydrogen-bond acceptors (Lipinski definition) is 3. The smallest absolute Gasteiger partial charge is 0.387 e. The Morgan fingerprint density at radius 3 is 2.73 bits per heavy atom. The summed E-state index contributed by atoms with van der Waals surface area (Å²) in [4.78, 5) is 0. The molecule has 3 nitrogen and oxygen atoms in total. The van der Waals surface area contributed by atoms with E-state index in [0.717, 1.165) is 22.0 Å². The third-order valence-electron chi connectivity index (χ3n) is 3.23. The summed E-state index contributed by atoms with van der Waals surface area (Å²) in [5, 5.41) is 10.2. The molecule has 112 valence electrons. The molecule has 0 aliphatic carbocycles. The second-order valence-corrected chi connectivity index (χ2v) is 5.55. The van der Waals surface area contributed by atoms with Crippen molar-refractivity contribution in [2.75, 3.05) is 0 Å². The molecule has 0 amide bonds. The van der Waals surface area contributed by atoms with Crippen LogP contribution < -0.4 is 4.74 Å². The van der Waals surface area contributed by atoms with Crippen LogP contribution in [0.4, 0.5) is 8.78 Å².